The smallest absolute Gasteiger partial charge is 0.389 e. The van der Waals surface area contributed by atoms with Crippen LogP contribution < -0.4 is 9.47 Å². The number of carbonyl (C=O) groups is 1. The number of aromatic nitrogens is 4. The SMILES string of the molecule is COc1cc(-c2cnc3cc(-c4ccnnc4)ccn23)cc(OC)c1C(=O)CCC(F)(F)F. The maximum Gasteiger partial charge on any atom is 0.389 e. The zero-order chi connectivity index (χ0) is 23.6. The quantitative estimate of drug-likeness (QED) is 0.364. The van der Waals surface area contributed by atoms with Crippen LogP contribution in [0.3, 0.4) is 0 Å². The molecule has 3 heterocycles. The summed E-state index contributed by atoms with van der Waals surface area (Å²) < 4.78 is 50.3. The number of alkyl halides is 3. The summed E-state index contributed by atoms with van der Waals surface area (Å²) in [6, 6.07) is 8.82. The van der Waals surface area contributed by atoms with Gasteiger partial charge in [-0.3, -0.25) is 9.20 Å². The molecule has 0 aliphatic heterocycles. The fourth-order valence-corrected chi connectivity index (χ4v) is 3.55. The standard InChI is InChI=1S/C23H19F3N4O3/c1-32-19-9-16(10-20(33-2)22(19)18(31)3-6-23(24,25)26)17-13-27-21-11-14(5-8-30(17)21)15-4-7-28-29-12-15/h4-5,7-13H,3,6H2,1-2H3. The lowest BCUT2D eigenvalue weighted by Gasteiger charge is -2.15. The molecule has 4 aromatic rings. The van der Waals surface area contributed by atoms with Gasteiger partial charge in [-0.15, -0.1) is 0 Å². The maximum absolute atomic E-state index is 12.6. The molecule has 0 unspecified atom stereocenters. The van der Waals surface area contributed by atoms with Crippen LogP contribution in [-0.2, 0) is 0 Å². The topological polar surface area (TPSA) is 78.6 Å². The van der Waals surface area contributed by atoms with Crippen LogP contribution in [0.25, 0.3) is 28.0 Å². The van der Waals surface area contributed by atoms with E-state index in [4.69, 9.17) is 9.47 Å². The fourth-order valence-electron chi connectivity index (χ4n) is 3.55. The van der Waals surface area contributed by atoms with Gasteiger partial charge in [-0.1, -0.05) is 0 Å². The number of imidazole rings is 1. The second kappa shape index (κ2) is 8.89. The number of hydrogen-bond acceptors (Lipinski definition) is 6. The first kappa shape index (κ1) is 22.3. The molecule has 0 fully saturated rings. The largest absolute Gasteiger partial charge is 0.496 e. The van der Waals surface area contributed by atoms with Crippen LogP contribution >= 0.6 is 0 Å². The molecule has 0 N–H and O–H groups in total. The normalized spacial score (nSPS) is 11.5. The number of rotatable bonds is 7. The highest BCUT2D eigenvalue weighted by atomic mass is 19.4. The number of ketones is 1. The number of ether oxygens (including phenoxy) is 2. The average Bonchev–Trinajstić information content (AvgIpc) is 3.25. The number of methoxy groups -OCH3 is 2. The molecule has 10 heteroatoms. The zero-order valence-corrected chi connectivity index (χ0v) is 17.8. The Morgan fingerprint density at radius 3 is 2.30 bits per heavy atom. The van der Waals surface area contributed by atoms with Crippen LogP contribution in [0.2, 0.25) is 0 Å². The molecule has 0 amide bonds. The van der Waals surface area contributed by atoms with Gasteiger partial charge in [-0.25, -0.2) is 4.98 Å². The minimum absolute atomic E-state index is 0.0192. The Kier molecular flexibility index (Phi) is 5.99. The monoisotopic (exact) mass is 456 g/mol. The lowest BCUT2D eigenvalue weighted by atomic mass is 10.0. The molecule has 0 radical (unpaired) electrons. The lowest BCUT2D eigenvalue weighted by Crippen LogP contribution is -2.12. The van der Waals surface area contributed by atoms with E-state index in [0.29, 0.717) is 16.9 Å². The van der Waals surface area contributed by atoms with Crippen molar-refractivity contribution >= 4 is 11.4 Å². The van der Waals surface area contributed by atoms with Gasteiger partial charge in [0, 0.05) is 23.7 Å². The van der Waals surface area contributed by atoms with E-state index in [0.717, 1.165) is 11.1 Å². The van der Waals surface area contributed by atoms with E-state index in [-0.39, 0.29) is 17.1 Å². The highest BCUT2D eigenvalue weighted by molar-refractivity contribution is 6.02. The van der Waals surface area contributed by atoms with Crippen molar-refractivity contribution in [3.05, 3.63) is 60.7 Å². The Hall–Kier alpha value is -3.95. The summed E-state index contributed by atoms with van der Waals surface area (Å²) in [5.41, 5.74) is 3.77. The molecule has 4 rings (SSSR count). The molecule has 33 heavy (non-hydrogen) atoms. The first-order chi connectivity index (χ1) is 15.8. The molecule has 0 bridgehead atoms. The molecular weight excluding hydrogens is 437 g/mol. The van der Waals surface area contributed by atoms with Crippen LogP contribution in [0.4, 0.5) is 13.2 Å². The van der Waals surface area contributed by atoms with Gasteiger partial charge in [-0.2, -0.15) is 23.4 Å². The van der Waals surface area contributed by atoms with E-state index in [1.54, 1.807) is 30.7 Å². The molecule has 0 spiro atoms. The zero-order valence-electron chi connectivity index (χ0n) is 17.8. The Morgan fingerprint density at radius 1 is 0.970 bits per heavy atom. The fraction of sp³-hybridized carbons (Fsp3) is 0.217. The molecule has 0 atom stereocenters. The molecule has 0 aliphatic rings. The third-order valence-electron chi connectivity index (χ3n) is 5.15. The number of halogens is 3. The Labute approximate surface area is 186 Å². The summed E-state index contributed by atoms with van der Waals surface area (Å²) in [7, 11) is 2.70. The first-order valence-corrected chi connectivity index (χ1v) is 9.91. The van der Waals surface area contributed by atoms with E-state index >= 15 is 0 Å². The minimum atomic E-state index is -4.43. The number of benzene rings is 1. The van der Waals surface area contributed by atoms with Crippen molar-refractivity contribution in [2.24, 2.45) is 0 Å². The molecule has 0 aliphatic carbocycles. The predicted molar refractivity (Wildman–Crippen MR) is 114 cm³/mol. The maximum atomic E-state index is 12.6. The first-order valence-electron chi connectivity index (χ1n) is 9.91. The average molecular weight is 456 g/mol. The molecule has 0 saturated heterocycles. The van der Waals surface area contributed by atoms with Gasteiger partial charge in [0.2, 0.25) is 0 Å². The molecule has 3 aromatic heterocycles. The third kappa shape index (κ3) is 4.64. The van der Waals surface area contributed by atoms with Gasteiger partial charge in [-0.05, 0) is 35.9 Å². The van der Waals surface area contributed by atoms with Crippen molar-refractivity contribution in [2.45, 2.75) is 19.0 Å². The second-order valence-electron chi connectivity index (χ2n) is 7.21. The summed E-state index contributed by atoms with van der Waals surface area (Å²) in [4.78, 5) is 17.0. The Bertz CT molecular complexity index is 1280. The van der Waals surface area contributed by atoms with Gasteiger partial charge >= 0.3 is 6.18 Å². The minimum Gasteiger partial charge on any atom is -0.496 e. The van der Waals surface area contributed by atoms with Crippen molar-refractivity contribution in [3.63, 3.8) is 0 Å². The molecular formula is C23H19F3N4O3. The highest BCUT2D eigenvalue weighted by Gasteiger charge is 2.30. The van der Waals surface area contributed by atoms with Crippen LogP contribution in [0, 0.1) is 0 Å². The van der Waals surface area contributed by atoms with Gasteiger partial charge in [0.1, 0.15) is 22.7 Å². The Balaban J connectivity index is 1.74. The summed E-state index contributed by atoms with van der Waals surface area (Å²) in [5, 5.41) is 7.66. The lowest BCUT2D eigenvalue weighted by molar-refractivity contribution is -0.133. The number of nitrogens with zero attached hydrogens (tertiary/aromatic N) is 4. The van der Waals surface area contributed by atoms with Gasteiger partial charge in [0.05, 0.1) is 44.9 Å². The van der Waals surface area contributed by atoms with Gasteiger partial charge in [0.25, 0.3) is 0 Å². The highest BCUT2D eigenvalue weighted by Crippen LogP contribution is 2.37. The van der Waals surface area contributed by atoms with Crippen molar-refractivity contribution in [3.8, 4) is 33.9 Å². The molecule has 170 valence electrons. The predicted octanol–water partition coefficient (Wildman–Crippen LogP) is 5.00. The van der Waals surface area contributed by atoms with Crippen LogP contribution in [0.1, 0.15) is 23.2 Å². The second-order valence-corrected chi connectivity index (χ2v) is 7.21. The van der Waals surface area contributed by atoms with E-state index < -0.39 is 24.8 Å². The number of fused-ring (bicyclic) bond motifs is 1. The summed E-state index contributed by atoms with van der Waals surface area (Å²) in [6.45, 7) is 0. The van der Waals surface area contributed by atoms with Crippen molar-refractivity contribution in [1.82, 2.24) is 19.6 Å². The molecule has 7 nitrogen and oxygen atoms in total. The summed E-state index contributed by atoms with van der Waals surface area (Å²) in [5.74, 6) is -0.446. The molecule has 0 saturated carbocycles. The Morgan fingerprint density at radius 2 is 1.70 bits per heavy atom. The van der Waals surface area contributed by atoms with E-state index in [2.05, 4.69) is 15.2 Å². The van der Waals surface area contributed by atoms with Crippen molar-refractivity contribution < 1.29 is 27.4 Å². The number of hydrogen-bond donors (Lipinski definition) is 0. The third-order valence-corrected chi connectivity index (χ3v) is 5.15. The number of carbonyl (C=O) groups excluding carboxylic acids is 1. The van der Waals surface area contributed by atoms with Crippen molar-refractivity contribution in [2.75, 3.05) is 14.2 Å². The van der Waals surface area contributed by atoms with E-state index in [1.807, 2.05) is 28.8 Å². The summed E-state index contributed by atoms with van der Waals surface area (Å²) in [6.07, 6.45) is 0.405. The van der Waals surface area contributed by atoms with Gasteiger partial charge in [0.15, 0.2) is 5.78 Å². The van der Waals surface area contributed by atoms with E-state index in [1.165, 1.54) is 14.2 Å². The summed E-state index contributed by atoms with van der Waals surface area (Å²) >= 11 is 0. The van der Waals surface area contributed by atoms with Crippen LogP contribution in [0.5, 0.6) is 11.5 Å². The van der Waals surface area contributed by atoms with Crippen molar-refractivity contribution in [1.29, 1.82) is 0 Å². The molecule has 1 aromatic carbocycles. The van der Waals surface area contributed by atoms with Crippen LogP contribution in [0.15, 0.2) is 55.1 Å². The number of Topliss-reactive ketones (excluding diaryl/α,β-unsaturated/α-hetero) is 1. The van der Waals surface area contributed by atoms with Gasteiger partial charge < -0.3 is 9.47 Å². The number of pyridine rings is 1. The van der Waals surface area contributed by atoms with E-state index in [9.17, 15) is 18.0 Å². The van der Waals surface area contributed by atoms with Crippen LogP contribution in [-0.4, -0.2) is 45.8 Å².